The van der Waals surface area contributed by atoms with E-state index in [1.165, 1.54) is 18.9 Å². The summed E-state index contributed by atoms with van der Waals surface area (Å²) in [4.78, 5) is 36.7. The summed E-state index contributed by atoms with van der Waals surface area (Å²) in [6.07, 6.45) is 3.82. The molecule has 1 fully saturated rings. The van der Waals surface area contributed by atoms with Crippen LogP contribution in [-0.2, 0) is 41.7 Å². The normalized spacial score (nSPS) is 18.5. The maximum atomic E-state index is 12.5. The summed E-state index contributed by atoms with van der Waals surface area (Å²) in [5.74, 6) is -0.762. The van der Waals surface area contributed by atoms with Crippen molar-refractivity contribution in [3.05, 3.63) is 11.9 Å². The predicted molar refractivity (Wildman–Crippen MR) is 112 cm³/mol. The minimum absolute atomic E-state index is 0.215. The fraction of sp³-hybridized carbons (Fsp3) is 0.762. The van der Waals surface area contributed by atoms with Crippen molar-refractivity contribution in [1.82, 2.24) is 19.9 Å². The number of hydrogen-bond acceptors (Lipinski definition) is 9. The predicted octanol–water partition coefficient (Wildman–Crippen LogP) is 2.08. The molecule has 2 heterocycles. The molecule has 0 bridgehead atoms. The van der Waals surface area contributed by atoms with Crippen LogP contribution in [0, 0.1) is 0 Å². The van der Waals surface area contributed by atoms with Crippen molar-refractivity contribution < 1.29 is 33.3 Å². The van der Waals surface area contributed by atoms with Gasteiger partial charge in [-0.05, 0) is 40.0 Å². The molecule has 1 amide bonds. The third-order valence-corrected chi connectivity index (χ3v) is 4.75. The minimum atomic E-state index is -0.748. The van der Waals surface area contributed by atoms with Crippen LogP contribution in [0.3, 0.4) is 0 Å². The Morgan fingerprint density at radius 3 is 2.59 bits per heavy atom. The number of amides is 1. The first-order valence-corrected chi connectivity index (χ1v) is 10.8. The fourth-order valence-electron chi connectivity index (χ4n) is 3.29. The van der Waals surface area contributed by atoms with Crippen molar-refractivity contribution in [3.63, 3.8) is 0 Å². The Balaban J connectivity index is 1.80. The first-order valence-electron chi connectivity index (χ1n) is 10.8. The number of methoxy groups -OCH3 is 1. The van der Waals surface area contributed by atoms with Gasteiger partial charge in [0.05, 0.1) is 39.2 Å². The Kier molecular flexibility index (Phi) is 9.42. The number of hydrogen-bond donors (Lipinski definition) is 0. The SMILES string of the molecule is COC(=O)[C@H]1C[C@@H](OCc2cn(CCCCCOC(C)=O)nn2)CN1C(=O)OC(C)(C)C. The van der Waals surface area contributed by atoms with E-state index < -0.39 is 23.7 Å². The zero-order valence-corrected chi connectivity index (χ0v) is 19.5. The van der Waals surface area contributed by atoms with E-state index in [0.29, 0.717) is 25.3 Å². The molecule has 1 aromatic rings. The van der Waals surface area contributed by atoms with Crippen LogP contribution in [-0.4, -0.2) is 75.9 Å². The molecule has 0 saturated carbocycles. The fourth-order valence-corrected chi connectivity index (χ4v) is 3.29. The van der Waals surface area contributed by atoms with E-state index in [-0.39, 0.29) is 25.2 Å². The van der Waals surface area contributed by atoms with Crippen molar-refractivity contribution in [3.8, 4) is 0 Å². The van der Waals surface area contributed by atoms with Crippen LogP contribution in [0.1, 0.15) is 59.1 Å². The van der Waals surface area contributed by atoms with Gasteiger partial charge >= 0.3 is 18.0 Å². The van der Waals surface area contributed by atoms with E-state index in [1.54, 1.807) is 25.5 Å². The highest BCUT2D eigenvalue weighted by molar-refractivity contribution is 5.82. The van der Waals surface area contributed by atoms with Gasteiger partial charge in [-0.1, -0.05) is 5.21 Å². The molecule has 0 aromatic carbocycles. The van der Waals surface area contributed by atoms with Gasteiger partial charge in [-0.3, -0.25) is 14.4 Å². The van der Waals surface area contributed by atoms with E-state index in [0.717, 1.165) is 19.3 Å². The second-order valence-corrected chi connectivity index (χ2v) is 8.71. The van der Waals surface area contributed by atoms with Gasteiger partial charge in [0.2, 0.25) is 0 Å². The third kappa shape index (κ3) is 8.45. The van der Waals surface area contributed by atoms with Crippen LogP contribution >= 0.6 is 0 Å². The smallest absolute Gasteiger partial charge is 0.411 e. The van der Waals surface area contributed by atoms with Gasteiger partial charge in [0, 0.05) is 19.9 Å². The van der Waals surface area contributed by atoms with Crippen molar-refractivity contribution in [2.45, 2.75) is 84.3 Å². The molecule has 1 aromatic heterocycles. The number of likely N-dealkylation sites (tertiary alicyclic amines) is 1. The maximum absolute atomic E-state index is 12.5. The molecule has 1 saturated heterocycles. The lowest BCUT2D eigenvalue weighted by Gasteiger charge is -2.27. The molecule has 2 rings (SSSR count). The molecular formula is C21H34N4O7. The molecule has 2 atom stereocenters. The van der Waals surface area contributed by atoms with E-state index in [9.17, 15) is 14.4 Å². The lowest BCUT2D eigenvalue weighted by molar-refractivity contribution is -0.145. The van der Waals surface area contributed by atoms with Crippen LogP contribution in [0.25, 0.3) is 0 Å². The van der Waals surface area contributed by atoms with Crippen molar-refractivity contribution in [2.75, 3.05) is 20.3 Å². The number of nitrogens with zero attached hydrogens (tertiary/aromatic N) is 4. The van der Waals surface area contributed by atoms with E-state index in [2.05, 4.69) is 10.3 Å². The summed E-state index contributed by atoms with van der Waals surface area (Å²) < 4.78 is 22.8. The lowest BCUT2D eigenvalue weighted by Crippen LogP contribution is -2.44. The number of carbonyl (C=O) groups excluding carboxylic acids is 3. The first kappa shape index (κ1) is 25.6. The summed E-state index contributed by atoms with van der Waals surface area (Å²) in [5, 5.41) is 8.20. The lowest BCUT2D eigenvalue weighted by atomic mass is 10.2. The molecule has 1 aliphatic heterocycles. The highest BCUT2D eigenvalue weighted by Gasteiger charge is 2.42. The molecule has 11 heteroatoms. The maximum Gasteiger partial charge on any atom is 0.411 e. The Bertz CT molecular complexity index is 774. The molecule has 11 nitrogen and oxygen atoms in total. The van der Waals surface area contributed by atoms with Gasteiger partial charge in [-0.2, -0.15) is 0 Å². The zero-order chi connectivity index (χ0) is 23.7. The Hall–Kier alpha value is -2.69. The second kappa shape index (κ2) is 11.8. The molecule has 1 aliphatic rings. The second-order valence-electron chi connectivity index (χ2n) is 8.71. The number of esters is 2. The first-order chi connectivity index (χ1) is 15.1. The summed E-state index contributed by atoms with van der Waals surface area (Å²) in [5.41, 5.74) is -0.00871. The molecular weight excluding hydrogens is 420 g/mol. The topological polar surface area (TPSA) is 122 Å². The van der Waals surface area contributed by atoms with Crippen LogP contribution in [0.4, 0.5) is 4.79 Å². The molecule has 0 spiro atoms. The van der Waals surface area contributed by atoms with Gasteiger partial charge in [-0.25, -0.2) is 9.59 Å². The summed E-state index contributed by atoms with van der Waals surface area (Å²) in [6, 6.07) is -0.748. The van der Waals surface area contributed by atoms with E-state index in [1.807, 2.05) is 6.20 Å². The van der Waals surface area contributed by atoms with Gasteiger partial charge in [0.1, 0.15) is 17.3 Å². The Morgan fingerprint density at radius 1 is 1.19 bits per heavy atom. The standard InChI is InChI=1S/C21H34N4O7/c1-15(26)30-10-8-6-7-9-24-12-16(22-23-24)14-31-17-11-18(19(27)29-5)25(13-17)20(28)32-21(2,3)4/h12,17-18H,6-11,13-14H2,1-5H3/t17-,18-/m1/s1. The molecule has 180 valence electrons. The average molecular weight is 455 g/mol. The van der Waals surface area contributed by atoms with Gasteiger partial charge < -0.3 is 18.9 Å². The molecule has 32 heavy (non-hydrogen) atoms. The highest BCUT2D eigenvalue weighted by Crippen LogP contribution is 2.24. The minimum Gasteiger partial charge on any atom is -0.467 e. The van der Waals surface area contributed by atoms with Crippen molar-refractivity contribution in [1.29, 1.82) is 0 Å². The number of rotatable bonds is 10. The van der Waals surface area contributed by atoms with Gasteiger partial charge in [0.15, 0.2) is 0 Å². The van der Waals surface area contributed by atoms with E-state index in [4.69, 9.17) is 18.9 Å². The van der Waals surface area contributed by atoms with Crippen LogP contribution in [0.15, 0.2) is 6.20 Å². The van der Waals surface area contributed by atoms with Crippen LogP contribution in [0.2, 0.25) is 0 Å². The Labute approximate surface area is 188 Å². The number of carbonyl (C=O) groups is 3. The Morgan fingerprint density at radius 2 is 1.94 bits per heavy atom. The molecule has 0 aliphatic carbocycles. The van der Waals surface area contributed by atoms with Gasteiger partial charge in [-0.15, -0.1) is 5.10 Å². The number of aryl methyl sites for hydroxylation is 1. The number of aromatic nitrogens is 3. The number of ether oxygens (including phenoxy) is 4. The quantitative estimate of drug-likeness (QED) is 0.297. The third-order valence-electron chi connectivity index (χ3n) is 4.75. The summed E-state index contributed by atoms with van der Waals surface area (Å²) in [7, 11) is 1.29. The van der Waals surface area contributed by atoms with Gasteiger partial charge in [0.25, 0.3) is 0 Å². The number of unbranched alkanes of at least 4 members (excludes halogenated alkanes) is 2. The monoisotopic (exact) mass is 454 g/mol. The molecule has 0 radical (unpaired) electrons. The summed E-state index contributed by atoms with van der Waals surface area (Å²) >= 11 is 0. The zero-order valence-electron chi connectivity index (χ0n) is 19.5. The van der Waals surface area contributed by atoms with Crippen molar-refractivity contribution in [2.24, 2.45) is 0 Å². The van der Waals surface area contributed by atoms with Crippen molar-refractivity contribution >= 4 is 18.0 Å². The van der Waals surface area contributed by atoms with E-state index >= 15 is 0 Å². The van der Waals surface area contributed by atoms with Crippen LogP contribution in [0.5, 0.6) is 0 Å². The summed E-state index contributed by atoms with van der Waals surface area (Å²) in [6.45, 7) is 8.28. The average Bonchev–Trinajstić information content (AvgIpc) is 3.34. The largest absolute Gasteiger partial charge is 0.467 e. The highest BCUT2D eigenvalue weighted by atomic mass is 16.6. The van der Waals surface area contributed by atoms with Crippen LogP contribution < -0.4 is 0 Å². The molecule has 0 unspecified atom stereocenters. The molecule has 0 N–H and O–H groups in total.